The lowest BCUT2D eigenvalue weighted by Gasteiger charge is -2.10. The summed E-state index contributed by atoms with van der Waals surface area (Å²) in [6, 6.07) is 7.36. The van der Waals surface area contributed by atoms with Crippen molar-refractivity contribution in [2.45, 2.75) is 26.6 Å². The van der Waals surface area contributed by atoms with Crippen molar-refractivity contribution in [1.29, 1.82) is 0 Å². The predicted octanol–water partition coefficient (Wildman–Crippen LogP) is 4.25. The van der Waals surface area contributed by atoms with Crippen LogP contribution in [-0.2, 0) is 17.5 Å². The van der Waals surface area contributed by atoms with Crippen molar-refractivity contribution in [3.05, 3.63) is 69.0 Å². The number of nitrogens with one attached hydrogen (secondary N) is 1. The molecule has 9 heteroatoms. The molecule has 0 atom stereocenters. The van der Waals surface area contributed by atoms with E-state index in [-0.39, 0.29) is 0 Å². The Balaban J connectivity index is 1.73. The Bertz CT molecular complexity index is 1090. The average molecular weight is 407 g/mol. The predicted molar refractivity (Wildman–Crippen MR) is 101 cm³/mol. The zero-order valence-electron chi connectivity index (χ0n) is 15.0. The number of nitrogens with zero attached hydrogens (tertiary/aromatic N) is 2. The van der Waals surface area contributed by atoms with Gasteiger partial charge in [0.05, 0.1) is 11.3 Å². The molecule has 0 aliphatic rings. The van der Waals surface area contributed by atoms with Gasteiger partial charge in [0.1, 0.15) is 6.54 Å². The van der Waals surface area contributed by atoms with Gasteiger partial charge >= 0.3 is 6.18 Å². The van der Waals surface area contributed by atoms with Crippen LogP contribution in [0.15, 0.2) is 46.7 Å². The number of hydrogen-bond acceptors (Lipinski definition) is 4. The second-order valence-electron chi connectivity index (χ2n) is 6.27. The quantitative estimate of drug-likeness (QED) is 0.703. The van der Waals surface area contributed by atoms with E-state index in [1.807, 2.05) is 32.0 Å². The monoisotopic (exact) mass is 407 g/mol. The number of pyridine rings is 1. The number of hydrogen-bond donors (Lipinski definition) is 1. The van der Waals surface area contributed by atoms with Crippen molar-refractivity contribution in [1.82, 2.24) is 9.55 Å². The van der Waals surface area contributed by atoms with Crippen LogP contribution < -0.4 is 10.9 Å². The molecule has 1 N–H and O–H groups in total. The number of aromatic nitrogens is 2. The lowest BCUT2D eigenvalue weighted by Crippen LogP contribution is -2.28. The van der Waals surface area contributed by atoms with E-state index in [1.54, 1.807) is 5.38 Å². The summed E-state index contributed by atoms with van der Waals surface area (Å²) in [5, 5.41) is 4.60. The van der Waals surface area contributed by atoms with Crippen LogP contribution in [0.5, 0.6) is 0 Å². The molecule has 0 fully saturated rings. The van der Waals surface area contributed by atoms with Crippen LogP contribution in [-0.4, -0.2) is 15.5 Å². The fraction of sp³-hybridized carbons (Fsp3) is 0.211. The zero-order valence-corrected chi connectivity index (χ0v) is 15.8. The lowest BCUT2D eigenvalue weighted by molar-refractivity contribution is -0.138. The summed E-state index contributed by atoms with van der Waals surface area (Å²) in [5.74, 6) is -0.637. The smallest absolute Gasteiger partial charge is 0.305 e. The van der Waals surface area contributed by atoms with Crippen LogP contribution >= 0.6 is 11.3 Å². The molecular weight excluding hydrogens is 391 g/mol. The maximum atomic E-state index is 12.8. The summed E-state index contributed by atoms with van der Waals surface area (Å²) >= 11 is 1.19. The van der Waals surface area contributed by atoms with E-state index in [0.717, 1.165) is 27.3 Å². The van der Waals surface area contributed by atoms with Crippen LogP contribution in [0.2, 0.25) is 0 Å². The van der Waals surface area contributed by atoms with E-state index in [2.05, 4.69) is 10.3 Å². The van der Waals surface area contributed by atoms with Crippen LogP contribution in [0.3, 0.4) is 0 Å². The van der Waals surface area contributed by atoms with Crippen LogP contribution in [0, 0.1) is 13.8 Å². The van der Waals surface area contributed by atoms with Crippen molar-refractivity contribution in [3.8, 4) is 11.3 Å². The Hall–Kier alpha value is -2.94. The number of alkyl halides is 3. The molecule has 0 saturated heterocycles. The Labute approximate surface area is 162 Å². The van der Waals surface area contributed by atoms with E-state index >= 15 is 0 Å². The highest BCUT2D eigenvalue weighted by Gasteiger charge is 2.31. The Morgan fingerprint density at radius 3 is 2.61 bits per heavy atom. The van der Waals surface area contributed by atoms with E-state index in [4.69, 9.17) is 0 Å². The highest BCUT2D eigenvalue weighted by Crippen LogP contribution is 2.28. The van der Waals surface area contributed by atoms with Crippen molar-refractivity contribution >= 4 is 22.4 Å². The minimum atomic E-state index is -4.59. The average Bonchev–Trinajstić information content (AvgIpc) is 3.06. The topological polar surface area (TPSA) is 64.0 Å². The van der Waals surface area contributed by atoms with E-state index in [9.17, 15) is 22.8 Å². The summed E-state index contributed by atoms with van der Waals surface area (Å²) in [5.41, 5.74) is 2.15. The van der Waals surface area contributed by atoms with Gasteiger partial charge in [-0.3, -0.25) is 9.59 Å². The van der Waals surface area contributed by atoms with Gasteiger partial charge in [0, 0.05) is 23.2 Å². The minimum Gasteiger partial charge on any atom is -0.305 e. The maximum absolute atomic E-state index is 12.8. The van der Waals surface area contributed by atoms with Crippen LogP contribution in [0.1, 0.15) is 16.7 Å². The van der Waals surface area contributed by atoms with Crippen molar-refractivity contribution in [2.24, 2.45) is 0 Å². The summed E-state index contributed by atoms with van der Waals surface area (Å²) < 4.78 is 39.0. The molecule has 3 rings (SSSR count). The lowest BCUT2D eigenvalue weighted by atomic mass is 10.1. The molecule has 0 unspecified atom stereocenters. The van der Waals surface area contributed by atoms with Crippen LogP contribution in [0.25, 0.3) is 11.3 Å². The van der Waals surface area contributed by atoms with Gasteiger partial charge in [-0.2, -0.15) is 13.2 Å². The third-order valence-corrected chi connectivity index (χ3v) is 4.94. The highest BCUT2D eigenvalue weighted by molar-refractivity contribution is 7.14. The summed E-state index contributed by atoms with van der Waals surface area (Å²) in [7, 11) is 0. The normalized spacial score (nSPS) is 11.5. The number of thiazole rings is 1. The molecule has 3 aromatic rings. The number of aryl methyl sites for hydroxylation is 2. The van der Waals surface area contributed by atoms with E-state index in [1.165, 1.54) is 11.3 Å². The van der Waals surface area contributed by atoms with Crippen molar-refractivity contribution in [2.75, 3.05) is 5.32 Å². The number of rotatable bonds is 4. The molecule has 0 aliphatic carbocycles. The number of benzene rings is 1. The summed E-state index contributed by atoms with van der Waals surface area (Å²) in [6.07, 6.45) is -3.97. The molecule has 5 nitrogen and oxygen atoms in total. The largest absolute Gasteiger partial charge is 0.417 e. The van der Waals surface area contributed by atoms with Gasteiger partial charge in [-0.15, -0.1) is 11.3 Å². The Kier molecular flexibility index (Phi) is 5.37. The van der Waals surface area contributed by atoms with Gasteiger partial charge in [-0.25, -0.2) is 4.98 Å². The fourth-order valence-electron chi connectivity index (χ4n) is 2.50. The Morgan fingerprint density at radius 1 is 1.18 bits per heavy atom. The zero-order chi connectivity index (χ0) is 20.5. The van der Waals surface area contributed by atoms with Crippen LogP contribution in [0.4, 0.5) is 18.3 Å². The van der Waals surface area contributed by atoms with Gasteiger partial charge in [0.25, 0.3) is 5.56 Å². The number of anilines is 1. The molecule has 2 aromatic heterocycles. The summed E-state index contributed by atoms with van der Waals surface area (Å²) in [4.78, 5) is 28.2. The molecule has 0 radical (unpaired) electrons. The molecule has 1 amide bonds. The molecule has 0 aliphatic heterocycles. The molecular formula is C19H16F3N3O2S. The van der Waals surface area contributed by atoms with Gasteiger partial charge in [0.15, 0.2) is 5.13 Å². The van der Waals surface area contributed by atoms with Gasteiger partial charge in [-0.1, -0.05) is 12.1 Å². The maximum Gasteiger partial charge on any atom is 0.417 e. The van der Waals surface area contributed by atoms with E-state index in [0.29, 0.717) is 23.1 Å². The van der Waals surface area contributed by atoms with Crippen molar-refractivity contribution < 1.29 is 18.0 Å². The number of carbonyl (C=O) groups excluding carboxylic acids is 1. The van der Waals surface area contributed by atoms with Crippen molar-refractivity contribution in [3.63, 3.8) is 0 Å². The minimum absolute atomic E-state index is 0.304. The number of halogens is 3. The third-order valence-electron chi connectivity index (χ3n) is 4.18. The molecule has 28 heavy (non-hydrogen) atoms. The van der Waals surface area contributed by atoms with Gasteiger partial charge < -0.3 is 9.88 Å². The molecule has 146 valence electrons. The summed E-state index contributed by atoms with van der Waals surface area (Å²) in [6.45, 7) is 3.45. The number of carbonyl (C=O) groups is 1. The Morgan fingerprint density at radius 2 is 1.93 bits per heavy atom. The third kappa shape index (κ3) is 4.48. The first-order chi connectivity index (χ1) is 13.1. The molecule has 0 bridgehead atoms. The highest BCUT2D eigenvalue weighted by atomic mass is 32.1. The van der Waals surface area contributed by atoms with Gasteiger partial charge in [-0.05, 0) is 37.1 Å². The SMILES string of the molecule is Cc1ccc(-c2csc(NC(=O)Cn3cc(C(F)(F)F)ccc3=O)n2)cc1C. The first-order valence-electron chi connectivity index (χ1n) is 8.24. The second-order valence-corrected chi connectivity index (χ2v) is 7.12. The van der Waals surface area contributed by atoms with E-state index < -0.39 is 29.8 Å². The molecule has 0 spiro atoms. The molecule has 2 heterocycles. The molecule has 1 aromatic carbocycles. The number of amides is 1. The first kappa shape index (κ1) is 19.8. The fourth-order valence-corrected chi connectivity index (χ4v) is 3.24. The van der Waals surface area contributed by atoms with Gasteiger partial charge in [0.2, 0.25) is 5.91 Å². The second kappa shape index (κ2) is 7.59. The standard InChI is InChI=1S/C19H16F3N3O2S/c1-11-3-4-13(7-12(11)2)15-10-28-18(23-15)24-16(26)9-25-8-14(19(20,21)22)5-6-17(25)27/h3-8,10H,9H2,1-2H3,(H,23,24,26). The first-order valence-corrected chi connectivity index (χ1v) is 9.12. The molecule has 0 saturated carbocycles.